The Balaban J connectivity index is 3.97. The molecule has 0 rings (SSSR count). The van der Waals surface area contributed by atoms with Gasteiger partial charge in [0.15, 0.2) is 0 Å². The summed E-state index contributed by atoms with van der Waals surface area (Å²) < 4.78 is 4.85. The van der Waals surface area contributed by atoms with Crippen LogP contribution in [0.3, 0.4) is 0 Å². The van der Waals surface area contributed by atoms with Crippen molar-refractivity contribution in [1.82, 2.24) is 0 Å². The summed E-state index contributed by atoms with van der Waals surface area (Å²) in [5, 5.41) is 8.75. The van der Waals surface area contributed by atoms with Crippen molar-refractivity contribution in [3.8, 4) is 0 Å². The van der Waals surface area contributed by atoms with Crippen molar-refractivity contribution in [1.29, 1.82) is 0 Å². The van der Waals surface area contributed by atoms with Gasteiger partial charge in [0.1, 0.15) is 0 Å². The normalized spacial score (nSPS) is 11.1. The molecule has 0 aromatic heterocycles. The van der Waals surface area contributed by atoms with E-state index >= 15 is 0 Å². The maximum absolute atomic E-state index is 8.75. The fraction of sp³-hybridized carbons (Fsp3) is 0.714. The highest BCUT2D eigenvalue weighted by molar-refractivity contribution is 4.97. The third kappa shape index (κ3) is 2.06. The van der Waals surface area contributed by atoms with Gasteiger partial charge < -0.3 is 9.84 Å². The van der Waals surface area contributed by atoms with Crippen LogP contribution in [0.5, 0.6) is 0 Å². The van der Waals surface area contributed by atoms with E-state index in [-0.39, 0.29) is 12.0 Å². The van der Waals surface area contributed by atoms with Crippen molar-refractivity contribution in [3.63, 3.8) is 0 Å². The van der Waals surface area contributed by atoms with Gasteiger partial charge >= 0.3 is 0 Å². The summed E-state index contributed by atoms with van der Waals surface area (Å²) in [5.41, 5.74) is -0.311. The summed E-state index contributed by atoms with van der Waals surface area (Å²) in [4.78, 5) is 0. The van der Waals surface area contributed by atoms with Gasteiger partial charge in [0.2, 0.25) is 0 Å². The Kier molecular flexibility index (Phi) is 2.71. The lowest BCUT2D eigenvalue weighted by molar-refractivity contribution is 0.120. The first-order chi connectivity index (χ1) is 4.04. The van der Waals surface area contributed by atoms with Crippen molar-refractivity contribution >= 4 is 0 Å². The van der Waals surface area contributed by atoms with Gasteiger partial charge in [-0.2, -0.15) is 0 Å². The first-order valence-corrected chi connectivity index (χ1v) is 2.89. The van der Waals surface area contributed by atoms with Gasteiger partial charge in [0, 0.05) is 5.41 Å². The van der Waals surface area contributed by atoms with Gasteiger partial charge in [0.25, 0.3) is 0 Å². The van der Waals surface area contributed by atoms with E-state index in [0.29, 0.717) is 5.76 Å². The summed E-state index contributed by atoms with van der Waals surface area (Å²) in [7, 11) is 1.56. The van der Waals surface area contributed by atoms with Crippen LogP contribution >= 0.6 is 0 Å². The molecule has 0 aromatic rings. The Bertz CT molecular complexity index is 105. The zero-order valence-electron chi connectivity index (χ0n) is 6.27. The summed E-state index contributed by atoms with van der Waals surface area (Å²) in [5.74, 6) is 0.616. The Morgan fingerprint density at radius 1 is 1.67 bits per heavy atom. The van der Waals surface area contributed by atoms with Crippen LogP contribution in [0.2, 0.25) is 0 Å². The molecule has 0 spiro atoms. The number of hydrogen-bond acceptors (Lipinski definition) is 2. The highest BCUT2D eigenvalue weighted by Gasteiger charge is 2.20. The predicted molar refractivity (Wildman–Crippen MR) is 37.0 cm³/mol. The Morgan fingerprint density at radius 3 is 2.22 bits per heavy atom. The molecular formula is C7H14O2. The lowest BCUT2D eigenvalue weighted by Gasteiger charge is -2.22. The zero-order chi connectivity index (χ0) is 7.49. The van der Waals surface area contributed by atoms with E-state index in [0.717, 1.165) is 0 Å². The summed E-state index contributed by atoms with van der Waals surface area (Å²) in [6.07, 6.45) is 0. The molecule has 0 atom stereocenters. The summed E-state index contributed by atoms with van der Waals surface area (Å²) >= 11 is 0. The zero-order valence-corrected chi connectivity index (χ0v) is 6.27. The van der Waals surface area contributed by atoms with Crippen molar-refractivity contribution in [2.24, 2.45) is 5.41 Å². The Hall–Kier alpha value is -0.500. The van der Waals surface area contributed by atoms with E-state index in [4.69, 9.17) is 9.84 Å². The number of hydrogen-bond donors (Lipinski definition) is 1. The van der Waals surface area contributed by atoms with E-state index in [1.807, 2.05) is 13.8 Å². The molecule has 0 amide bonds. The molecule has 54 valence electrons. The van der Waals surface area contributed by atoms with Crippen LogP contribution in [0.4, 0.5) is 0 Å². The van der Waals surface area contributed by atoms with Gasteiger partial charge in [-0.25, -0.2) is 0 Å². The van der Waals surface area contributed by atoms with Gasteiger partial charge in [0.05, 0.1) is 19.5 Å². The molecule has 0 unspecified atom stereocenters. The fourth-order valence-electron chi connectivity index (χ4n) is 0.364. The van der Waals surface area contributed by atoms with E-state index in [2.05, 4.69) is 6.58 Å². The first kappa shape index (κ1) is 8.50. The third-order valence-electron chi connectivity index (χ3n) is 1.40. The SMILES string of the molecule is C=C(OC)C(C)(C)CO. The van der Waals surface area contributed by atoms with E-state index < -0.39 is 0 Å². The molecule has 0 fully saturated rings. The van der Waals surface area contributed by atoms with Crippen LogP contribution in [-0.2, 0) is 4.74 Å². The minimum atomic E-state index is -0.311. The van der Waals surface area contributed by atoms with E-state index in [1.54, 1.807) is 7.11 Å². The minimum Gasteiger partial charge on any atom is -0.501 e. The molecule has 1 N–H and O–H groups in total. The van der Waals surface area contributed by atoms with Crippen molar-refractivity contribution in [2.45, 2.75) is 13.8 Å². The molecule has 0 radical (unpaired) electrons. The number of rotatable bonds is 3. The van der Waals surface area contributed by atoms with E-state index in [1.165, 1.54) is 0 Å². The Morgan fingerprint density at radius 2 is 2.11 bits per heavy atom. The molecule has 0 bridgehead atoms. The molecule has 0 aliphatic rings. The van der Waals surface area contributed by atoms with Crippen LogP contribution < -0.4 is 0 Å². The lowest BCUT2D eigenvalue weighted by Crippen LogP contribution is -2.19. The molecule has 0 saturated carbocycles. The quantitative estimate of drug-likeness (QED) is 0.581. The molecule has 2 nitrogen and oxygen atoms in total. The van der Waals surface area contributed by atoms with E-state index in [9.17, 15) is 0 Å². The molecule has 0 aromatic carbocycles. The maximum Gasteiger partial charge on any atom is 0.0962 e. The van der Waals surface area contributed by atoms with Crippen LogP contribution in [0.25, 0.3) is 0 Å². The Labute approximate surface area is 56.1 Å². The maximum atomic E-state index is 8.75. The molecule has 0 aliphatic heterocycles. The van der Waals surface area contributed by atoms with Gasteiger partial charge in [-0.15, -0.1) is 0 Å². The number of methoxy groups -OCH3 is 1. The molecule has 0 aliphatic carbocycles. The third-order valence-corrected chi connectivity index (χ3v) is 1.40. The average Bonchev–Trinajstić information content (AvgIpc) is 1.86. The molecule has 0 saturated heterocycles. The summed E-state index contributed by atoms with van der Waals surface area (Å²) in [6.45, 7) is 7.45. The molecule has 9 heavy (non-hydrogen) atoms. The minimum absolute atomic E-state index is 0.0691. The average molecular weight is 130 g/mol. The van der Waals surface area contributed by atoms with Crippen molar-refractivity contribution in [3.05, 3.63) is 12.3 Å². The predicted octanol–water partition coefficient (Wildman–Crippen LogP) is 1.16. The van der Waals surface area contributed by atoms with Gasteiger partial charge in [-0.1, -0.05) is 20.4 Å². The number of aliphatic hydroxyl groups is 1. The number of ether oxygens (including phenoxy) is 1. The topological polar surface area (TPSA) is 29.5 Å². The van der Waals surface area contributed by atoms with Crippen LogP contribution in [0, 0.1) is 5.41 Å². The van der Waals surface area contributed by atoms with Gasteiger partial charge in [-0.3, -0.25) is 0 Å². The standard InChI is InChI=1S/C7H14O2/c1-6(9-4)7(2,3)5-8/h8H,1,5H2,2-4H3. The fourth-order valence-corrected chi connectivity index (χ4v) is 0.364. The van der Waals surface area contributed by atoms with Crippen LogP contribution in [0.1, 0.15) is 13.8 Å². The molecule has 0 heterocycles. The highest BCUT2D eigenvalue weighted by atomic mass is 16.5. The molecular weight excluding hydrogens is 116 g/mol. The second kappa shape index (κ2) is 2.87. The van der Waals surface area contributed by atoms with Crippen molar-refractivity contribution in [2.75, 3.05) is 13.7 Å². The summed E-state index contributed by atoms with van der Waals surface area (Å²) in [6, 6.07) is 0. The monoisotopic (exact) mass is 130 g/mol. The lowest BCUT2D eigenvalue weighted by atomic mass is 9.93. The largest absolute Gasteiger partial charge is 0.501 e. The smallest absolute Gasteiger partial charge is 0.0962 e. The second-order valence-corrected chi connectivity index (χ2v) is 2.67. The second-order valence-electron chi connectivity index (χ2n) is 2.67. The van der Waals surface area contributed by atoms with Crippen LogP contribution in [-0.4, -0.2) is 18.8 Å². The number of aliphatic hydroxyl groups excluding tert-OH is 1. The van der Waals surface area contributed by atoms with Crippen LogP contribution in [0.15, 0.2) is 12.3 Å². The highest BCUT2D eigenvalue weighted by Crippen LogP contribution is 2.23. The van der Waals surface area contributed by atoms with Gasteiger partial charge in [-0.05, 0) is 0 Å². The van der Waals surface area contributed by atoms with Crippen molar-refractivity contribution < 1.29 is 9.84 Å². The first-order valence-electron chi connectivity index (χ1n) is 2.89. The molecule has 2 heteroatoms.